The van der Waals surface area contributed by atoms with Gasteiger partial charge < -0.3 is 9.38 Å². The Hall–Kier alpha value is -1.61. The van der Waals surface area contributed by atoms with Crippen LogP contribution in [0.15, 0.2) is 41.2 Å². The highest BCUT2D eigenvalue weighted by Crippen LogP contribution is 2.31. The predicted molar refractivity (Wildman–Crippen MR) is 114 cm³/mol. The van der Waals surface area contributed by atoms with Crippen LogP contribution in [0, 0.1) is 0 Å². The number of fused-ring (bicyclic) bond motifs is 1. The number of likely N-dealkylation sites (tertiary alicyclic amines) is 1. The summed E-state index contributed by atoms with van der Waals surface area (Å²) in [6.45, 7) is 4.67. The third-order valence-corrected chi connectivity index (χ3v) is 7.12. The zero-order valence-electron chi connectivity index (χ0n) is 17.5. The van der Waals surface area contributed by atoms with Crippen LogP contribution < -0.4 is 0 Å². The van der Waals surface area contributed by atoms with Crippen LogP contribution in [-0.4, -0.2) is 54.4 Å². The molecule has 2 heterocycles. The largest absolute Gasteiger partial charge is 0.353 e. The van der Waals surface area contributed by atoms with E-state index >= 15 is 0 Å². The maximum Gasteiger partial charge on any atom is 0.124 e. The van der Waals surface area contributed by atoms with Crippen LogP contribution in [0.1, 0.15) is 56.6 Å². The molecule has 0 spiro atoms. The van der Waals surface area contributed by atoms with Gasteiger partial charge >= 0.3 is 0 Å². The zero-order chi connectivity index (χ0) is 18.9. The van der Waals surface area contributed by atoms with Crippen LogP contribution in [0.5, 0.6) is 0 Å². The molecule has 0 radical (unpaired) electrons. The second kappa shape index (κ2) is 7.79. The molecule has 1 aliphatic carbocycles. The minimum atomic E-state index is 0.572. The van der Waals surface area contributed by atoms with E-state index in [1.165, 1.54) is 61.1 Å². The molecule has 1 atom stereocenters. The van der Waals surface area contributed by atoms with Crippen molar-refractivity contribution in [2.24, 2.45) is 4.99 Å². The van der Waals surface area contributed by atoms with E-state index < -0.39 is 0 Å². The van der Waals surface area contributed by atoms with Crippen LogP contribution in [0.4, 0.5) is 0 Å². The predicted octanol–water partition coefficient (Wildman–Crippen LogP) is 4.57. The summed E-state index contributed by atoms with van der Waals surface area (Å²) in [7, 11) is 4.86. The molecule has 0 saturated carbocycles. The third kappa shape index (κ3) is 4.13. The summed E-state index contributed by atoms with van der Waals surface area (Å²) in [5.74, 6) is 1.25. The average Bonchev–Trinajstić information content (AvgIpc) is 3.07. The number of nitrogens with zero attached hydrogens (tertiary/aromatic N) is 3. The van der Waals surface area contributed by atoms with E-state index in [-0.39, 0.29) is 0 Å². The van der Waals surface area contributed by atoms with Gasteiger partial charge in [0.15, 0.2) is 0 Å². The van der Waals surface area contributed by atoms with Gasteiger partial charge in [-0.05, 0) is 69.1 Å². The average molecular weight is 367 g/mol. The Balaban J connectivity index is 1.51. The lowest BCUT2D eigenvalue weighted by Gasteiger charge is -2.43. The minimum Gasteiger partial charge on any atom is -0.353 e. The maximum atomic E-state index is 4.99. The lowest BCUT2D eigenvalue weighted by atomic mass is 9.97. The molecule has 4 rings (SSSR count). The van der Waals surface area contributed by atoms with Crippen LogP contribution in [0.2, 0.25) is 0 Å². The molecule has 1 fully saturated rings. The number of piperidine rings is 1. The van der Waals surface area contributed by atoms with Crippen molar-refractivity contribution >= 4 is 5.71 Å². The lowest BCUT2D eigenvalue weighted by molar-refractivity contribution is -0.920. The second-order valence-corrected chi connectivity index (χ2v) is 9.41. The summed E-state index contributed by atoms with van der Waals surface area (Å²) >= 11 is 0. The quantitative estimate of drug-likeness (QED) is 0.697. The molecule has 27 heavy (non-hydrogen) atoms. The number of allylic oxidation sites excluding steroid dienone is 1. The fraction of sp³-hybridized carbons (Fsp3) is 0.625. The van der Waals surface area contributed by atoms with Gasteiger partial charge in [0.1, 0.15) is 5.82 Å². The fourth-order valence-electron chi connectivity index (χ4n) is 5.34. The van der Waals surface area contributed by atoms with Crippen molar-refractivity contribution in [2.75, 3.05) is 27.2 Å². The van der Waals surface area contributed by atoms with Crippen LogP contribution >= 0.6 is 0 Å². The Labute approximate surface area is 165 Å². The highest BCUT2D eigenvalue weighted by molar-refractivity contribution is 5.83. The van der Waals surface area contributed by atoms with Crippen molar-refractivity contribution in [1.82, 2.24) is 4.90 Å². The summed E-state index contributed by atoms with van der Waals surface area (Å²) < 4.78 is 1.19. The van der Waals surface area contributed by atoms with Crippen molar-refractivity contribution in [1.29, 1.82) is 0 Å². The Bertz CT molecular complexity index is 706. The minimum absolute atomic E-state index is 0.572. The molecule has 0 bridgehead atoms. The van der Waals surface area contributed by atoms with Crippen LogP contribution in [-0.2, 0) is 12.8 Å². The monoisotopic (exact) mass is 366 g/mol. The van der Waals surface area contributed by atoms with Crippen LogP contribution in [0.25, 0.3) is 0 Å². The number of hydrogen-bond donors (Lipinski definition) is 0. The first-order valence-corrected chi connectivity index (χ1v) is 10.9. The Morgan fingerprint density at radius 2 is 1.85 bits per heavy atom. The molecular formula is C24H36N3+. The van der Waals surface area contributed by atoms with E-state index in [1.54, 1.807) is 11.1 Å². The Kier molecular flexibility index (Phi) is 5.41. The molecule has 1 saturated heterocycles. The van der Waals surface area contributed by atoms with Crippen LogP contribution in [0.3, 0.4) is 0 Å². The van der Waals surface area contributed by atoms with E-state index in [2.05, 4.69) is 56.3 Å². The lowest BCUT2D eigenvalue weighted by Crippen LogP contribution is -2.53. The van der Waals surface area contributed by atoms with Gasteiger partial charge in [0, 0.05) is 24.7 Å². The molecule has 1 aromatic carbocycles. The third-order valence-electron chi connectivity index (χ3n) is 7.12. The van der Waals surface area contributed by atoms with Gasteiger partial charge in [-0.25, -0.2) is 4.99 Å². The first-order chi connectivity index (χ1) is 13.0. The maximum absolute atomic E-state index is 4.99. The van der Waals surface area contributed by atoms with Crippen molar-refractivity contribution < 1.29 is 4.48 Å². The summed E-state index contributed by atoms with van der Waals surface area (Å²) in [6, 6.07) is 10.4. The molecule has 0 N–H and O–H groups in total. The number of hydrogen-bond acceptors (Lipinski definition) is 2. The highest BCUT2D eigenvalue weighted by atomic mass is 15.3. The first kappa shape index (κ1) is 18.7. The summed E-state index contributed by atoms with van der Waals surface area (Å²) in [4.78, 5) is 7.65. The number of aliphatic imine (C=N–C) groups is 1. The molecular weight excluding hydrogens is 330 g/mol. The number of quaternary nitrogens is 1. The molecule has 0 aromatic heterocycles. The molecule has 3 nitrogen and oxygen atoms in total. The fourth-order valence-corrected chi connectivity index (χ4v) is 5.34. The van der Waals surface area contributed by atoms with Gasteiger partial charge in [-0.3, -0.25) is 0 Å². The van der Waals surface area contributed by atoms with Gasteiger partial charge in [0.2, 0.25) is 0 Å². The summed E-state index contributed by atoms with van der Waals surface area (Å²) in [6.07, 6.45) is 12.5. The molecule has 146 valence electrons. The van der Waals surface area contributed by atoms with Gasteiger partial charge in [-0.2, -0.15) is 0 Å². The summed E-state index contributed by atoms with van der Waals surface area (Å²) in [5, 5.41) is 0. The van der Waals surface area contributed by atoms with E-state index in [9.17, 15) is 0 Å². The smallest absolute Gasteiger partial charge is 0.124 e. The molecule has 1 unspecified atom stereocenters. The second-order valence-electron chi connectivity index (χ2n) is 9.41. The van der Waals surface area contributed by atoms with Crippen molar-refractivity contribution in [3.05, 3.63) is 47.3 Å². The molecule has 1 aromatic rings. The SMILES string of the molecule is CC1=NC(N(CCC2CCCC[N+]2(C)C)C2Cc3ccccc3C2)=CCC1. The molecule has 2 aliphatic heterocycles. The number of rotatable bonds is 5. The molecule has 3 aliphatic rings. The standard InChI is InChI=1S/C24H36N3/c1-19-9-8-13-24(25-19)26(15-14-23-12-6-7-16-27(23,2)3)22-17-20-10-4-5-11-21(20)18-22/h4-5,10-11,13,22-23H,6-9,12,14-18H2,1-3H3/q+1. The van der Waals surface area contributed by atoms with Crippen molar-refractivity contribution in [3.63, 3.8) is 0 Å². The van der Waals surface area contributed by atoms with Gasteiger partial charge in [-0.1, -0.05) is 24.3 Å². The van der Waals surface area contributed by atoms with E-state index in [1.807, 2.05) is 0 Å². The van der Waals surface area contributed by atoms with E-state index in [0.717, 1.165) is 25.4 Å². The Morgan fingerprint density at radius 3 is 2.52 bits per heavy atom. The van der Waals surface area contributed by atoms with E-state index in [0.29, 0.717) is 6.04 Å². The zero-order valence-corrected chi connectivity index (χ0v) is 17.5. The molecule has 3 heteroatoms. The van der Waals surface area contributed by atoms with E-state index in [4.69, 9.17) is 4.99 Å². The Morgan fingerprint density at radius 1 is 1.11 bits per heavy atom. The van der Waals surface area contributed by atoms with Crippen molar-refractivity contribution in [3.8, 4) is 0 Å². The molecule has 0 amide bonds. The first-order valence-electron chi connectivity index (χ1n) is 10.9. The number of benzene rings is 1. The van der Waals surface area contributed by atoms with Crippen molar-refractivity contribution in [2.45, 2.75) is 70.4 Å². The van der Waals surface area contributed by atoms with Gasteiger partial charge in [0.05, 0.1) is 26.7 Å². The normalized spacial score (nSPS) is 24.9. The van der Waals surface area contributed by atoms with Gasteiger partial charge in [-0.15, -0.1) is 0 Å². The summed E-state index contributed by atoms with van der Waals surface area (Å²) in [5.41, 5.74) is 4.37. The topological polar surface area (TPSA) is 15.6 Å². The highest BCUT2D eigenvalue weighted by Gasteiger charge is 2.34. The van der Waals surface area contributed by atoms with Gasteiger partial charge in [0.25, 0.3) is 0 Å².